The Labute approximate surface area is 120 Å². The van der Waals surface area contributed by atoms with Crippen LogP contribution in [0.2, 0.25) is 0 Å². The molecule has 2 rings (SSSR count). The van der Waals surface area contributed by atoms with Crippen LogP contribution in [0, 0.1) is 0 Å². The minimum atomic E-state index is -4.43. The van der Waals surface area contributed by atoms with Crippen molar-refractivity contribution in [2.75, 3.05) is 37.0 Å². The van der Waals surface area contributed by atoms with Crippen LogP contribution >= 0.6 is 0 Å². The van der Waals surface area contributed by atoms with E-state index in [1.165, 1.54) is 7.05 Å². The summed E-state index contributed by atoms with van der Waals surface area (Å²) in [4.78, 5) is 5.87. The van der Waals surface area contributed by atoms with Crippen LogP contribution in [0.1, 0.15) is 12.5 Å². The molecule has 1 fully saturated rings. The lowest BCUT2D eigenvalue weighted by Crippen LogP contribution is -2.48. The van der Waals surface area contributed by atoms with Crippen molar-refractivity contribution < 1.29 is 23.0 Å². The van der Waals surface area contributed by atoms with Crippen LogP contribution in [-0.4, -0.2) is 49.0 Å². The van der Waals surface area contributed by atoms with Crippen LogP contribution in [0.25, 0.3) is 0 Å². The minimum Gasteiger partial charge on any atom is -0.394 e. The summed E-state index contributed by atoms with van der Waals surface area (Å²) in [6.07, 6.45) is -5.05. The molecule has 0 radical (unpaired) electrons. The summed E-state index contributed by atoms with van der Waals surface area (Å²) < 4.78 is 44.3. The maximum absolute atomic E-state index is 12.9. The normalized spacial score (nSPS) is 23.2. The van der Waals surface area contributed by atoms with Gasteiger partial charge in [0.2, 0.25) is 0 Å². The Bertz CT molecular complexity index is 496. The van der Waals surface area contributed by atoms with E-state index in [4.69, 9.17) is 4.74 Å². The van der Waals surface area contributed by atoms with Crippen molar-refractivity contribution >= 4 is 11.6 Å². The molecule has 5 nitrogen and oxygen atoms in total. The van der Waals surface area contributed by atoms with E-state index in [0.717, 1.165) is 12.1 Å². The first-order valence-corrected chi connectivity index (χ1v) is 6.61. The number of ether oxygens (including phenoxy) is 1. The van der Waals surface area contributed by atoms with Gasteiger partial charge in [-0.2, -0.15) is 13.2 Å². The van der Waals surface area contributed by atoms with E-state index in [-0.39, 0.29) is 24.3 Å². The van der Waals surface area contributed by atoms with Gasteiger partial charge in [-0.15, -0.1) is 0 Å². The van der Waals surface area contributed by atoms with Crippen LogP contribution in [0.3, 0.4) is 0 Å². The van der Waals surface area contributed by atoms with E-state index in [9.17, 15) is 18.3 Å². The lowest BCUT2D eigenvalue weighted by Gasteiger charge is -2.37. The van der Waals surface area contributed by atoms with Crippen molar-refractivity contribution in [1.82, 2.24) is 4.98 Å². The highest BCUT2D eigenvalue weighted by Gasteiger charge is 2.33. The summed E-state index contributed by atoms with van der Waals surface area (Å²) in [6.45, 7) is 2.35. The van der Waals surface area contributed by atoms with E-state index in [1.807, 2.05) is 0 Å². The Morgan fingerprint density at radius 3 is 2.71 bits per heavy atom. The number of nitrogens with one attached hydrogen (secondary N) is 1. The Kier molecular flexibility index (Phi) is 4.58. The maximum Gasteiger partial charge on any atom is 0.416 e. The van der Waals surface area contributed by atoms with Gasteiger partial charge >= 0.3 is 6.18 Å². The number of aromatic nitrogens is 1. The molecule has 1 aromatic rings. The summed E-state index contributed by atoms with van der Waals surface area (Å²) in [5, 5.41) is 11.8. The number of hydrogen-bond donors (Lipinski definition) is 2. The number of pyridine rings is 1. The molecule has 0 aromatic carbocycles. The Morgan fingerprint density at radius 1 is 1.43 bits per heavy atom. The Morgan fingerprint density at radius 2 is 2.14 bits per heavy atom. The highest BCUT2D eigenvalue weighted by atomic mass is 19.4. The molecular weight excluding hydrogens is 287 g/mol. The van der Waals surface area contributed by atoms with Crippen LogP contribution in [0.4, 0.5) is 24.8 Å². The van der Waals surface area contributed by atoms with Crippen molar-refractivity contribution in [3.63, 3.8) is 0 Å². The minimum absolute atomic E-state index is 0.152. The maximum atomic E-state index is 12.9. The molecule has 0 amide bonds. The molecule has 1 aliphatic heterocycles. The quantitative estimate of drug-likeness (QED) is 0.890. The SMILES string of the molecule is CNc1cc(C(F)(F)F)cc(N2CC(C)OC(CO)C2)n1. The van der Waals surface area contributed by atoms with Crippen LogP contribution in [0.15, 0.2) is 12.1 Å². The molecule has 2 heterocycles. The first-order chi connectivity index (χ1) is 9.83. The Hall–Kier alpha value is -1.54. The number of halogens is 3. The second kappa shape index (κ2) is 6.07. The van der Waals surface area contributed by atoms with E-state index >= 15 is 0 Å². The number of alkyl halides is 3. The average Bonchev–Trinajstić information content (AvgIpc) is 2.45. The number of nitrogens with zero attached hydrogens (tertiary/aromatic N) is 2. The van der Waals surface area contributed by atoms with E-state index in [2.05, 4.69) is 10.3 Å². The lowest BCUT2D eigenvalue weighted by atomic mass is 10.2. The molecular formula is C13H18F3N3O2. The van der Waals surface area contributed by atoms with Gasteiger partial charge in [-0.25, -0.2) is 4.98 Å². The van der Waals surface area contributed by atoms with Crippen molar-refractivity contribution in [1.29, 1.82) is 0 Å². The molecule has 0 spiro atoms. The second-order valence-corrected chi connectivity index (χ2v) is 5.00. The van der Waals surface area contributed by atoms with E-state index in [1.54, 1.807) is 11.8 Å². The largest absolute Gasteiger partial charge is 0.416 e. The van der Waals surface area contributed by atoms with Gasteiger partial charge in [0.05, 0.1) is 24.4 Å². The molecule has 2 atom stereocenters. The van der Waals surface area contributed by atoms with Crippen molar-refractivity contribution in [3.05, 3.63) is 17.7 Å². The van der Waals surface area contributed by atoms with E-state index in [0.29, 0.717) is 13.1 Å². The molecule has 2 unspecified atom stereocenters. The van der Waals surface area contributed by atoms with Crippen LogP contribution < -0.4 is 10.2 Å². The van der Waals surface area contributed by atoms with Gasteiger partial charge in [-0.05, 0) is 19.1 Å². The third-order valence-corrected chi connectivity index (χ3v) is 3.25. The molecule has 0 aliphatic carbocycles. The van der Waals surface area contributed by atoms with Gasteiger partial charge in [0.1, 0.15) is 11.6 Å². The number of hydrogen-bond acceptors (Lipinski definition) is 5. The molecule has 0 bridgehead atoms. The van der Waals surface area contributed by atoms with Gasteiger partial charge in [-0.1, -0.05) is 0 Å². The van der Waals surface area contributed by atoms with Crippen molar-refractivity contribution in [2.24, 2.45) is 0 Å². The predicted octanol–water partition coefficient (Wildman–Crippen LogP) is 1.73. The highest BCUT2D eigenvalue weighted by Crippen LogP contribution is 2.33. The smallest absolute Gasteiger partial charge is 0.394 e. The van der Waals surface area contributed by atoms with Gasteiger partial charge in [0.15, 0.2) is 0 Å². The third kappa shape index (κ3) is 3.76. The molecule has 118 valence electrons. The fraction of sp³-hybridized carbons (Fsp3) is 0.615. The highest BCUT2D eigenvalue weighted by molar-refractivity contribution is 5.51. The third-order valence-electron chi connectivity index (χ3n) is 3.25. The van der Waals surface area contributed by atoms with Gasteiger partial charge in [0, 0.05) is 20.1 Å². The van der Waals surface area contributed by atoms with Crippen LogP contribution in [0.5, 0.6) is 0 Å². The molecule has 8 heteroatoms. The first kappa shape index (κ1) is 15.8. The summed E-state index contributed by atoms with van der Waals surface area (Å²) in [7, 11) is 1.52. The molecule has 0 saturated carbocycles. The molecule has 1 aliphatic rings. The van der Waals surface area contributed by atoms with Gasteiger partial charge < -0.3 is 20.1 Å². The molecule has 21 heavy (non-hydrogen) atoms. The lowest BCUT2D eigenvalue weighted by molar-refractivity contribution is -0.137. The monoisotopic (exact) mass is 305 g/mol. The molecule has 1 aromatic heterocycles. The van der Waals surface area contributed by atoms with Gasteiger partial charge in [-0.3, -0.25) is 0 Å². The fourth-order valence-corrected chi connectivity index (χ4v) is 2.30. The number of rotatable bonds is 3. The number of anilines is 2. The summed E-state index contributed by atoms with van der Waals surface area (Å²) in [5.74, 6) is 0.377. The zero-order valence-corrected chi connectivity index (χ0v) is 11.8. The second-order valence-electron chi connectivity index (χ2n) is 5.00. The topological polar surface area (TPSA) is 57.6 Å². The molecule has 1 saturated heterocycles. The summed E-state index contributed by atoms with van der Waals surface area (Å²) in [6, 6.07) is 1.99. The van der Waals surface area contributed by atoms with Crippen LogP contribution in [-0.2, 0) is 10.9 Å². The van der Waals surface area contributed by atoms with Gasteiger partial charge in [0.25, 0.3) is 0 Å². The summed E-state index contributed by atoms with van der Waals surface area (Å²) in [5.41, 5.74) is -0.753. The molecule has 2 N–H and O–H groups in total. The first-order valence-electron chi connectivity index (χ1n) is 6.61. The van der Waals surface area contributed by atoms with Crippen molar-refractivity contribution in [2.45, 2.75) is 25.3 Å². The zero-order chi connectivity index (χ0) is 15.6. The van der Waals surface area contributed by atoms with E-state index < -0.39 is 17.8 Å². The summed E-state index contributed by atoms with van der Waals surface area (Å²) >= 11 is 0. The zero-order valence-electron chi connectivity index (χ0n) is 11.8. The number of aliphatic hydroxyl groups excluding tert-OH is 1. The van der Waals surface area contributed by atoms with Crippen molar-refractivity contribution in [3.8, 4) is 0 Å². The standard InChI is InChI=1S/C13H18F3N3O2/c1-8-5-19(6-10(7-20)21-8)12-4-9(13(14,15)16)3-11(17-2)18-12/h3-4,8,10,20H,5-7H2,1-2H3,(H,17,18). The predicted molar refractivity (Wildman–Crippen MR) is 72.4 cm³/mol. The Balaban J connectivity index is 2.33. The number of aliphatic hydroxyl groups is 1. The fourth-order valence-electron chi connectivity index (χ4n) is 2.30. The average molecular weight is 305 g/mol. The number of morpholine rings is 1.